The number of carbonyl (C=O) groups is 4. The Labute approximate surface area is 275 Å². The number of aryl methyl sites for hydroxylation is 4. The van der Waals surface area contributed by atoms with Gasteiger partial charge in [0.2, 0.25) is 0 Å². The molecule has 12 heteroatoms. The van der Waals surface area contributed by atoms with Gasteiger partial charge in [0.15, 0.2) is 0 Å². The number of allylic oxidation sites excluding steroid dienone is 4. The molecule has 5 heterocycles. The van der Waals surface area contributed by atoms with Crippen molar-refractivity contribution in [2.24, 2.45) is 0 Å². The number of H-pyrrole nitrogens is 2. The summed E-state index contributed by atoms with van der Waals surface area (Å²) in [6.07, 6.45) is 0.606. The molecule has 0 radical (unpaired) electrons. The fourth-order valence-electron chi connectivity index (χ4n) is 6.42. The molecule has 0 saturated carbocycles. The van der Waals surface area contributed by atoms with Crippen molar-refractivity contribution in [3.05, 3.63) is 69.3 Å². The number of aromatic amines is 2. The number of hydrogen-bond acceptors (Lipinski definition) is 6. The highest BCUT2D eigenvalue weighted by Gasteiger charge is 2.22. The number of aromatic nitrogens is 4. The highest BCUT2D eigenvalue weighted by atomic mass is 16.4. The third kappa shape index (κ3) is 7.07. The maximum atomic E-state index is 11.6. The van der Waals surface area contributed by atoms with Gasteiger partial charge in [-0.3, -0.25) is 19.2 Å². The molecule has 2 aliphatic rings. The van der Waals surface area contributed by atoms with Crippen molar-refractivity contribution in [1.82, 2.24) is 19.9 Å². The number of aliphatic carboxylic acids is 4. The molecule has 0 aromatic carbocycles. The van der Waals surface area contributed by atoms with E-state index in [1.54, 1.807) is 0 Å². The van der Waals surface area contributed by atoms with Crippen LogP contribution in [0.1, 0.15) is 97.4 Å². The van der Waals surface area contributed by atoms with E-state index in [9.17, 15) is 39.6 Å². The first kappa shape index (κ1) is 33.8. The Balaban J connectivity index is 1.91. The lowest BCUT2D eigenvalue weighted by Gasteiger charge is -2.03. The van der Waals surface area contributed by atoms with Crippen molar-refractivity contribution in [1.29, 1.82) is 0 Å². The molecule has 12 nitrogen and oxygen atoms in total. The van der Waals surface area contributed by atoms with Crippen molar-refractivity contribution in [2.75, 3.05) is 0 Å². The Hall–Kier alpha value is -5.52. The molecular weight excluding hydrogens is 616 g/mol. The summed E-state index contributed by atoms with van der Waals surface area (Å²) in [5.74, 6) is -3.75. The fourth-order valence-corrected chi connectivity index (χ4v) is 6.42. The zero-order chi connectivity index (χ0) is 34.9. The van der Waals surface area contributed by atoms with Gasteiger partial charge in [-0.1, -0.05) is 0 Å². The highest BCUT2D eigenvalue weighted by molar-refractivity contribution is 5.96. The van der Waals surface area contributed by atoms with E-state index in [0.717, 1.165) is 44.5 Å². The topological polar surface area (TPSA) is 207 Å². The molecule has 0 fully saturated rings. The van der Waals surface area contributed by atoms with Crippen molar-refractivity contribution >= 4 is 68.2 Å². The third-order valence-corrected chi connectivity index (χ3v) is 9.16. The summed E-state index contributed by atoms with van der Waals surface area (Å²) in [6.45, 7) is 7.55. The number of rotatable bonds is 12. The zero-order valence-corrected chi connectivity index (χ0v) is 27.3. The van der Waals surface area contributed by atoms with E-state index in [4.69, 9.17) is 9.97 Å². The maximum absolute atomic E-state index is 11.6. The minimum absolute atomic E-state index is 0.0928. The number of hydrogen-bond donors (Lipinski definition) is 6. The molecule has 0 spiro atoms. The van der Waals surface area contributed by atoms with Crippen LogP contribution < -0.4 is 0 Å². The van der Waals surface area contributed by atoms with Crippen LogP contribution in [0.5, 0.6) is 0 Å². The van der Waals surface area contributed by atoms with Crippen molar-refractivity contribution in [3.63, 3.8) is 0 Å². The van der Waals surface area contributed by atoms with Gasteiger partial charge in [0.1, 0.15) is 0 Å². The zero-order valence-electron chi connectivity index (χ0n) is 27.3. The van der Waals surface area contributed by atoms with Crippen LogP contribution in [0.4, 0.5) is 0 Å². The van der Waals surface area contributed by atoms with E-state index in [-0.39, 0.29) is 51.4 Å². The number of nitrogens with one attached hydrogen (secondary N) is 2. The second-order valence-corrected chi connectivity index (χ2v) is 12.2. The predicted octanol–water partition coefficient (Wildman–Crippen LogP) is 6.56. The number of carboxylic acid groups (broad SMARTS) is 4. The molecule has 2 aliphatic heterocycles. The minimum atomic E-state index is -0.940. The van der Waals surface area contributed by atoms with Crippen LogP contribution in [0, 0.1) is 13.8 Å². The number of nitrogens with zero attached hydrogens (tertiary/aromatic N) is 2. The molecule has 48 heavy (non-hydrogen) atoms. The molecule has 250 valence electrons. The van der Waals surface area contributed by atoms with E-state index >= 15 is 0 Å². The summed E-state index contributed by atoms with van der Waals surface area (Å²) in [4.78, 5) is 63.1. The molecule has 0 amide bonds. The lowest BCUT2D eigenvalue weighted by Crippen LogP contribution is -1.98. The summed E-state index contributed by atoms with van der Waals surface area (Å²) < 4.78 is 0. The maximum Gasteiger partial charge on any atom is 0.303 e. The van der Waals surface area contributed by atoms with Gasteiger partial charge < -0.3 is 30.4 Å². The van der Waals surface area contributed by atoms with Crippen LogP contribution in [0.25, 0.3) is 44.4 Å². The van der Waals surface area contributed by atoms with E-state index in [0.29, 0.717) is 44.8 Å². The van der Waals surface area contributed by atoms with Gasteiger partial charge in [0, 0.05) is 47.8 Å². The Kier molecular flexibility index (Phi) is 9.64. The molecule has 3 aromatic rings. The van der Waals surface area contributed by atoms with E-state index < -0.39 is 23.9 Å². The van der Waals surface area contributed by atoms with Gasteiger partial charge in [-0.05, 0) is 122 Å². The fraction of sp³-hybridized carbons (Fsp3) is 0.333. The first-order valence-electron chi connectivity index (χ1n) is 15.7. The summed E-state index contributed by atoms with van der Waals surface area (Å²) in [6, 6.07) is 7.40. The standard InChI is InChI=1S/C36H38N4O8/c1-17-21(5-9-33(41)42)29-14-26-19(3)23(7-11-35(45)46)31(39-26)16-28-20(4)24(8-12-36(47)48)32(40-28)15-27-18(2)22(6-10-34(43)44)30(38-27)13-25(17)37-29/h13-16,37,40H,5-12H2,1-4H3,(H,41,42)(H,43,44)(H,45,46)(H,47,48). The predicted molar refractivity (Wildman–Crippen MR) is 181 cm³/mol. The second-order valence-electron chi connectivity index (χ2n) is 12.2. The lowest BCUT2D eigenvalue weighted by atomic mass is 9.99. The van der Waals surface area contributed by atoms with Crippen LogP contribution >= 0.6 is 0 Å². The van der Waals surface area contributed by atoms with Gasteiger partial charge in [-0.25, -0.2) is 9.97 Å². The summed E-state index contributed by atoms with van der Waals surface area (Å²) in [5.41, 5.74) is 11.4. The monoisotopic (exact) mass is 654 g/mol. The number of fused-ring (bicyclic) bond motifs is 8. The van der Waals surface area contributed by atoms with Crippen molar-refractivity contribution in [2.45, 2.75) is 79.1 Å². The average molecular weight is 655 g/mol. The van der Waals surface area contributed by atoms with Gasteiger partial charge in [-0.15, -0.1) is 0 Å². The van der Waals surface area contributed by atoms with Gasteiger partial charge >= 0.3 is 23.9 Å². The average Bonchev–Trinajstić information content (AvgIpc) is 3.66. The minimum Gasteiger partial charge on any atom is -0.481 e. The normalized spacial score (nSPS) is 12.9. The van der Waals surface area contributed by atoms with Crippen molar-refractivity contribution in [3.8, 4) is 0 Å². The van der Waals surface area contributed by atoms with Crippen LogP contribution in [0.2, 0.25) is 0 Å². The molecule has 5 rings (SSSR count). The van der Waals surface area contributed by atoms with Gasteiger partial charge in [-0.2, -0.15) is 0 Å². The molecule has 3 aromatic heterocycles. The molecular formula is C36H38N4O8. The Bertz CT molecular complexity index is 1950. The summed E-state index contributed by atoms with van der Waals surface area (Å²) in [7, 11) is 0. The molecule has 0 unspecified atom stereocenters. The van der Waals surface area contributed by atoms with Gasteiger partial charge in [0.25, 0.3) is 0 Å². The molecule has 6 N–H and O–H groups in total. The second kappa shape index (κ2) is 13.7. The largest absolute Gasteiger partial charge is 0.481 e. The van der Waals surface area contributed by atoms with Gasteiger partial charge in [0.05, 0.1) is 22.8 Å². The molecule has 8 bridgehead atoms. The van der Waals surface area contributed by atoms with Crippen LogP contribution in [0.3, 0.4) is 0 Å². The van der Waals surface area contributed by atoms with Crippen LogP contribution in [-0.2, 0) is 32.0 Å². The Morgan fingerprint density at radius 1 is 0.500 bits per heavy atom. The molecule has 0 saturated heterocycles. The van der Waals surface area contributed by atoms with Crippen LogP contribution in [0.15, 0.2) is 24.3 Å². The van der Waals surface area contributed by atoms with E-state index in [1.807, 2.05) is 52.0 Å². The smallest absolute Gasteiger partial charge is 0.303 e. The summed E-state index contributed by atoms with van der Waals surface area (Å²) >= 11 is 0. The van der Waals surface area contributed by atoms with E-state index in [2.05, 4.69) is 9.97 Å². The first-order chi connectivity index (χ1) is 22.7. The third-order valence-electron chi connectivity index (χ3n) is 9.16. The summed E-state index contributed by atoms with van der Waals surface area (Å²) in [5, 5.41) is 38.0. The Morgan fingerprint density at radius 2 is 0.812 bits per heavy atom. The molecule has 0 aliphatic carbocycles. The highest BCUT2D eigenvalue weighted by Crippen LogP contribution is 2.37. The van der Waals surface area contributed by atoms with E-state index in [1.165, 1.54) is 0 Å². The molecule has 0 atom stereocenters. The quantitative estimate of drug-likeness (QED) is 0.124. The Morgan fingerprint density at radius 3 is 1.15 bits per heavy atom. The van der Waals surface area contributed by atoms with Crippen molar-refractivity contribution < 1.29 is 39.6 Å². The lowest BCUT2D eigenvalue weighted by molar-refractivity contribution is -0.138. The SMILES string of the molecule is CC1=C(CCC(=O)O)c2cc3[nH]c(cc4nc(cc5[nH]c(cc1n2)c(CCC(=O)O)c5C)C(CCC(=O)O)=C4C)c(CCC(=O)O)c3C. The number of carboxylic acids is 4. The first-order valence-corrected chi connectivity index (χ1v) is 15.7. The van der Waals surface area contributed by atoms with Crippen LogP contribution in [-0.4, -0.2) is 64.2 Å².